The minimum absolute atomic E-state index is 0.282. The number of halogens is 3. The highest BCUT2D eigenvalue weighted by atomic mass is 35.5. The van der Waals surface area contributed by atoms with E-state index >= 15 is 0 Å². The molecular weight excluding hydrogens is 298 g/mol. The average Bonchev–Trinajstić information content (AvgIpc) is 2.40. The molecule has 0 aliphatic rings. The van der Waals surface area contributed by atoms with E-state index in [1.807, 2.05) is 0 Å². The Hall–Kier alpha value is -1.94. The predicted octanol–water partition coefficient (Wildman–Crippen LogP) is 4.47. The second-order valence-corrected chi connectivity index (χ2v) is 5.30. The molecule has 2 rings (SSSR count). The van der Waals surface area contributed by atoms with Crippen LogP contribution in [0.1, 0.15) is 24.0 Å². The van der Waals surface area contributed by atoms with Crippen LogP contribution in [0.4, 0.5) is 8.78 Å². The molecule has 110 valence electrons. The van der Waals surface area contributed by atoms with Gasteiger partial charge in [0.2, 0.25) is 0 Å². The highest BCUT2D eigenvalue weighted by Crippen LogP contribution is 2.33. The Morgan fingerprint density at radius 3 is 2.05 bits per heavy atom. The maximum atomic E-state index is 13.4. The van der Waals surface area contributed by atoms with Crippen LogP contribution in [0.2, 0.25) is 5.02 Å². The fraction of sp³-hybridized carbons (Fsp3) is 0.188. The standard InChI is InChI=1S/C16H13ClF2O2/c1-9(16(20)21)15(10-2-4-12(17)5-3-10)11-6-13(18)8-14(19)7-11/h2-9,15H,1H3,(H,20,21). The Bertz CT molecular complexity index is 636. The summed E-state index contributed by atoms with van der Waals surface area (Å²) >= 11 is 5.82. The van der Waals surface area contributed by atoms with Crippen molar-refractivity contribution in [1.29, 1.82) is 0 Å². The summed E-state index contributed by atoms with van der Waals surface area (Å²) in [5.41, 5.74) is 0.920. The van der Waals surface area contributed by atoms with Crippen LogP contribution >= 0.6 is 11.6 Å². The van der Waals surface area contributed by atoms with Crippen LogP contribution in [0, 0.1) is 17.6 Å². The van der Waals surface area contributed by atoms with E-state index < -0.39 is 29.4 Å². The molecule has 2 aromatic carbocycles. The second-order valence-electron chi connectivity index (χ2n) is 4.86. The van der Waals surface area contributed by atoms with Crippen molar-refractivity contribution < 1.29 is 18.7 Å². The van der Waals surface area contributed by atoms with Gasteiger partial charge in [-0.05, 0) is 35.4 Å². The Morgan fingerprint density at radius 2 is 1.57 bits per heavy atom. The van der Waals surface area contributed by atoms with Gasteiger partial charge in [-0.1, -0.05) is 30.7 Å². The van der Waals surface area contributed by atoms with Gasteiger partial charge in [0.1, 0.15) is 11.6 Å². The quantitative estimate of drug-likeness (QED) is 0.904. The number of rotatable bonds is 4. The van der Waals surface area contributed by atoms with Gasteiger partial charge in [-0.3, -0.25) is 4.79 Å². The van der Waals surface area contributed by atoms with Crippen molar-refractivity contribution in [2.45, 2.75) is 12.8 Å². The number of hydrogen-bond acceptors (Lipinski definition) is 1. The van der Waals surface area contributed by atoms with Gasteiger partial charge in [-0.15, -0.1) is 0 Å². The molecule has 0 aromatic heterocycles. The van der Waals surface area contributed by atoms with Crippen molar-refractivity contribution in [2.75, 3.05) is 0 Å². The highest BCUT2D eigenvalue weighted by Gasteiger charge is 2.27. The summed E-state index contributed by atoms with van der Waals surface area (Å²) in [5.74, 6) is -4.01. The predicted molar refractivity (Wildman–Crippen MR) is 76.5 cm³/mol. The van der Waals surface area contributed by atoms with E-state index in [0.29, 0.717) is 10.6 Å². The largest absolute Gasteiger partial charge is 0.481 e. The summed E-state index contributed by atoms with van der Waals surface area (Å²) in [4.78, 5) is 11.3. The third-order valence-electron chi connectivity index (χ3n) is 3.36. The van der Waals surface area contributed by atoms with Gasteiger partial charge in [0.15, 0.2) is 0 Å². The zero-order valence-corrected chi connectivity index (χ0v) is 11.9. The van der Waals surface area contributed by atoms with Crippen LogP contribution < -0.4 is 0 Å². The van der Waals surface area contributed by atoms with E-state index in [2.05, 4.69) is 0 Å². The molecule has 0 spiro atoms. The summed E-state index contributed by atoms with van der Waals surface area (Å²) in [5, 5.41) is 9.76. The maximum Gasteiger partial charge on any atom is 0.307 e. The first kappa shape index (κ1) is 15.4. The number of carbonyl (C=O) groups is 1. The first-order chi connectivity index (χ1) is 9.88. The monoisotopic (exact) mass is 310 g/mol. The summed E-state index contributed by atoms with van der Waals surface area (Å²) in [7, 11) is 0. The SMILES string of the molecule is CC(C(=O)O)C(c1ccc(Cl)cc1)c1cc(F)cc(F)c1. The van der Waals surface area contributed by atoms with E-state index in [1.54, 1.807) is 24.3 Å². The molecule has 5 heteroatoms. The topological polar surface area (TPSA) is 37.3 Å². The van der Waals surface area contributed by atoms with Crippen molar-refractivity contribution >= 4 is 17.6 Å². The van der Waals surface area contributed by atoms with Crippen molar-refractivity contribution in [2.24, 2.45) is 5.92 Å². The molecule has 2 atom stereocenters. The molecular formula is C16H13ClF2O2. The molecule has 2 unspecified atom stereocenters. The molecule has 0 aliphatic carbocycles. The van der Waals surface area contributed by atoms with E-state index in [9.17, 15) is 18.7 Å². The van der Waals surface area contributed by atoms with Crippen LogP contribution in [0.3, 0.4) is 0 Å². The molecule has 0 amide bonds. The van der Waals surface area contributed by atoms with Crippen molar-refractivity contribution in [1.82, 2.24) is 0 Å². The minimum Gasteiger partial charge on any atom is -0.481 e. The van der Waals surface area contributed by atoms with Crippen LogP contribution in [-0.4, -0.2) is 11.1 Å². The van der Waals surface area contributed by atoms with E-state index in [4.69, 9.17) is 11.6 Å². The van der Waals surface area contributed by atoms with Crippen LogP contribution in [-0.2, 0) is 4.79 Å². The fourth-order valence-corrected chi connectivity index (χ4v) is 2.46. The highest BCUT2D eigenvalue weighted by molar-refractivity contribution is 6.30. The normalized spacial score (nSPS) is 13.7. The zero-order chi connectivity index (χ0) is 15.6. The third kappa shape index (κ3) is 3.58. The van der Waals surface area contributed by atoms with Gasteiger partial charge >= 0.3 is 5.97 Å². The van der Waals surface area contributed by atoms with Gasteiger partial charge in [-0.25, -0.2) is 8.78 Å². The number of carboxylic acids is 1. The Kier molecular flexibility index (Phi) is 4.58. The molecule has 2 aromatic rings. The van der Waals surface area contributed by atoms with Crippen molar-refractivity contribution in [3.05, 3.63) is 70.2 Å². The summed E-state index contributed by atoms with van der Waals surface area (Å²) in [6.45, 7) is 1.50. The Morgan fingerprint density at radius 1 is 1.05 bits per heavy atom. The van der Waals surface area contributed by atoms with E-state index in [1.165, 1.54) is 6.92 Å². The van der Waals surface area contributed by atoms with Gasteiger partial charge in [-0.2, -0.15) is 0 Å². The molecule has 0 radical (unpaired) electrons. The molecule has 0 heterocycles. The van der Waals surface area contributed by atoms with Crippen molar-refractivity contribution in [3.8, 4) is 0 Å². The summed E-state index contributed by atoms with van der Waals surface area (Å²) < 4.78 is 26.8. The third-order valence-corrected chi connectivity index (χ3v) is 3.61. The van der Waals surface area contributed by atoms with Gasteiger partial charge in [0, 0.05) is 17.0 Å². The number of hydrogen-bond donors (Lipinski definition) is 1. The lowest BCUT2D eigenvalue weighted by atomic mass is 9.81. The number of aliphatic carboxylic acids is 1. The van der Waals surface area contributed by atoms with E-state index in [-0.39, 0.29) is 5.56 Å². The molecule has 2 nitrogen and oxygen atoms in total. The smallest absolute Gasteiger partial charge is 0.307 e. The molecule has 0 bridgehead atoms. The average molecular weight is 311 g/mol. The fourth-order valence-electron chi connectivity index (χ4n) is 2.34. The maximum absolute atomic E-state index is 13.4. The molecule has 0 fully saturated rings. The second kappa shape index (κ2) is 6.22. The van der Waals surface area contributed by atoms with E-state index in [0.717, 1.165) is 18.2 Å². The van der Waals surface area contributed by atoms with Crippen LogP contribution in [0.25, 0.3) is 0 Å². The first-order valence-electron chi connectivity index (χ1n) is 6.32. The molecule has 21 heavy (non-hydrogen) atoms. The van der Waals surface area contributed by atoms with Gasteiger partial charge < -0.3 is 5.11 Å². The Labute approximate surface area is 126 Å². The lowest BCUT2D eigenvalue weighted by Crippen LogP contribution is -2.20. The summed E-state index contributed by atoms with van der Waals surface area (Å²) in [6.07, 6.45) is 0. The van der Waals surface area contributed by atoms with Crippen LogP contribution in [0.5, 0.6) is 0 Å². The van der Waals surface area contributed by atoms with Gasteiger partial charge in [0.25, 0.3) is 0 Å². The Balaban J connectivity index is 2.55. The van der Waals surface area contributed by atoms with Gasteiger partial charge in [0.05, 0.1) is 5.92 Å². The lowest BCUT2D eigenvalue weighted by molar-refractivity contribution is -0.141. The molecule has 0 saturated heterocycles. The first-order valence-corrected chi connectivity index (χ1v) is 6.70. The zero-order valence-electron chi connectivity index (χ0n) is 11.2. The summed E-state index contributed by atoms with van der Waals surface area (Å²) in [6, 6.07) is 9.63. The lowest BCUT2D eigenvalue weighted by Gasteiger charge is -2.22. The molecule has 0 saturated carbocycles. The number of benzene rings is 2. The number of carboxylic acid groups (broad SMARTS) is 1. The van der Waals surface area contributed by atoms with Crippen molar-refractivity contribution in [3.63, 3.8) is 0 Å². The molecule has 0 aliphatic heterocycles. The van der Waals surface area contributed by atoms with Crippen LogP contribution in [0.15, 0.2) is 42.5 Å². The minimum atomic E-state index is -1.04. The molecule has 1 N–H and O–H groups in total.